The number of carbonyl (C=O) groups excluding carboxylic acids is 2. The van der Waals surface area contributed by atoms with Crippen LogP contribution >= 0.6 is 11.8 Å². The smallest absolute Gasteiger partial charge is 0.446 e. The van der Waals surface area contributed by atoms with Crippen molar-refractivity contribution in [3.63, 3.8) is 0 Å². The molecule has 8 heteroatoms. The standard InChI is InChI=1S/C11H6F3NO3S/c1-18-10(17)7-3-2-6(4-15)8(5-16)9(7)19-11(12,13)14/h2-3,5H,1H3. The van der Waals surface area contributed by atoms with Crippen molar-refractivity contribution in [2.75, 3.05) is 7.11 Å². The van der Waals surface area contributed by atoms with Gasteiger partial charge in [-0.3, -0.25) is 4.79 Å². The average molecular weight is 289 g/mol. The van der Waals surface area contributed by atoms with Gasteiger partial charge in [0, 0.05) is 10.5 Å². The second-order valence-corrected chi connectivity index (χ2v) is 4.25. The highest BCUT2D eigenvalue weighted by Gasteiger charge is 2.34. The third kappa shape index (κ3) is 3.48. The Morgan fingerprint density at radius 3 is 2.53 bits per heavy atom. The first kappa shape index (κ1) is 15.0. The van der Waals surface area contributed by atoms with Gasteiger partial charge in [-0.2, -0.15) is 18.4 Å². The van der Waals surface area contributed by atoms with Crippen molar-refractivity contribution in [1.29, 1.82) is 5.26 Å². The zero-order chi connectivity index (χ0) is 14.6. The lowest BCUT2D eigenvalue weighted by Crippen LogP contribution is -2.10. The molecule has 0 heterocycles. The largest absolute Gasteiger partial charge is 0.465 e. The normalized spacial score (nSPS) is 10.7. The Kier molecular flexibility index (Phi) is 4.56. The number of aldehydes is 1. The van der Waals surface area contributed by atoms with E-state index in [0.29, 0.717) is 0 Å². The van der Waals surface area contributed by atoms with Crippen LogP contribution in [0.15, 0.2) is 17.0 Å². The lowest BCUT2D eigenvalue weighted by molar-refractivity contribution is -0.0328. The summed E-state index contributed by atoms with van der Waals surface area (Å²) in [5, 5.41) is 8.74. The Morgan fingerprint density at radius 1 is 1.47 bits per heavy atom. The Labute approximate surface area is 110 Å². The van der Waals surface area contributed by atoms with Gasteiger partial charge in [0.2, 0.25) is 0 Å². The number of hydrogen-bond acceptors (Lipinski definition) is 5. The zero-order valence-electron chi connectivity index (χ0n) is 9.45. The zero-order valence-corrected chi connectivity index (χ0v) is 10.3. The van der Waals surface area contributed by atoms with E-state index in [0.717, 1.165) is 19.2 Å². The number of methoxy groups -OCH3 is 1. The summed E-state index contributed by atoms with van der Waals surface area (Å²) in [6, 6.07) is 3.71. The third-order valence-electron chi connectivity index (χ3n) is 2.06. The summed E-state index contributed by atoms with van der Waals surface area (Å²) >= 11 is -0.631. The molecular formula is C11H6F3NO3S. The van der Waals surface area contributed by atoms with Gasteiger partial charge in [-0.05, 0) is 23.9 Å². The maximum atomic E-state index is 12.5. The number of carbonyl (C=O) groups is 2. The molecule has 0 aliphatic rings. The fourth-order valence-corrected chi connectivity index (χ4v) is 2.07. The summed E-state index contributed by atoms with van der Waals surface area (Å²) in [7, 11) is 1.00. The maximum Gasteiger partial charge on any atom is 0.446 e. The molecule has 0 spiro atoms. The number of nitrogens with zero attached hydrogens (tertiary/aromatic N) is 1. The number of alkyl halides is 3. The highest BCUT2D eigenvalue weighted by atomic mass is 32.2. The number of rotatable bonds is 3. The first-order valence-corrected chi connectivity index (χ1v) is 5.52. The SMILES string of the molecule is COC(=O)c1ccc(C#N)c(C=O)c1SC(F)(F)F. The van der Waals surface area contributed by atoms with E-state index in [1.807, 2.05) is 0 Å². The van der Waals surface area contributed by atoms with E-state index >= 15 is 0 Å². The number of halogens is 3. The molecule has 0 unspecified atom stereocenters. The topological polar surface area (TPSA) is 67.2 Å². The number of nitriles is 1. The molecule has 0 amide bonds. The first-order valence-electron chi connectivity index (χ1n) is 4.70. The lowest BCUT2D eigenvalue weighted by atomic mass is 10.1. The van der Waals surface area contributed by atoms with Crippen LogP contribution in [-0.2, 0) is 4.74 Å². The maximum absolute atomic E-state index is 12.5. The van der Waals surface area contributed by atoms with Crippen molar-refractivity contribution in [3.05, 3.63) is 28.8 Å². The molecule has 0 saturated carbocycles. The molecule has 1 aromatic carbocycles. The van der Waals surface area contributed by atoms with Crippen LogP contribution in [0, 0.1) is 11.3 Å². The quantitative estimate of drug-likeness (QED) is 0.486. The van der Waals surface area contributed by atoms with Crippen molar-refractivity contribution < 1.29 is 27.5 Å². The van der Waals surface area contributed by atoms with E-state index in [2.05, 4.69) is 4.74 Å². The minimum atomic E-state index is -4.70. The number of benzene rings is 1. The van der Waals surface area contributed by atoms with Gasteiger partial charge in [0.25, 0.3) is 0 Å². The van der Waals surface area contributed by atoms with Crippen molar-refractivity contribution in [1.82, 2.24) is 0 Å². The predicted molar refractivity (Wildman–Crippen MR) is 59.8 cm³/mol. The Bertz CT molecular complexity index is 564. The van der Waals surface area contributed by atoms with Crippen LogP contribution in [0.1, 0.15) is 26.3 Å². The predicted octanol–water partition coefficient (Wildman–Crippen LogP) is 2.77. The molecule has 19 heavy (non-hydrogen) atoms. The van der Waals surface area contributed by atoms with Gasteiger partial charge < -0.3 is 4.74 Å². The summed E-state index contributed by atoms with van der Waals surface area (Å²) in [5.74, 6) is -1.01. The minimum absolute atomic E-state index is 0.110. The Morgan fingerprint density at radius 2 is 2.11 bits per heavy atom. The Balaban J connectivity index is 3.54. The van der Waals surface area contributed by atoms with Crippen molar-refractivity contribution in [3.8, 4) is 6.07 Å². The third-order valence-corrected chi connectivity index (χ3v) is 2.93. The molecule has 0 fully saturated rings. The van der Waals surface area contributed by atoms with Gasteiger partial charge in [0.05, 0.1) is 24.3 Å². The second kappa shape index (κ2) is 5.75. The molecule has 0 saturated heterocycles. The highest BCUT2D eigenvalue weighted by molar-refractivity contribution is 8.00. The van der Waals surface area contributed by atoms with Gasteiger partial charge in [0.15, 0.2) is 6.29 Å². The summed E-state index contributed by atoms with van der Waals surface area (Å²) in [6.07, 6.45) is 0.110. The number of ether oxygens (including phenoxy) is 1. The van der Waals surface area contributed by atoms with E-state index in [1.54, 1.807) is 6.07 Å². The molecule has 0 aliphatic heterocycles. The van der Waals surface area contributed by atoms with E-state index in [1.165, 1.54) is 0 Å². The molecule has 1 rings (SSSR count). The van der Waals surface area contributed by atoms with Crippen LogP contribution in [0.2, 0.25) is 0 Å². The molecule has 0 N–H and O–H groups in total. The molecular weight excluding hydrogens is 283 g/mol. The number of hydrogen-bond donors (Lipinski definition) is 0. The lowest BCUT2D eigenvalue weighted by Gasteiger charge is -2.12. The van der Waals surface area contributed by atoms with Crippen molar-refractivity contribution >= 4 is 24.0 Å². The first-order chi connectivity index (χ1) is 8.84. The van der Waals surface area contributed by atoms with E-state index < -0.39 is 39.3 Å². The summed E-state index contributed by atoms with van der Waals surface area (Å²) in [5.41, 5.74) is -5.83. The molecule has 0 aromatic heterocycles. The summed E-state index contributed by atoms with van der Waals surface area (Å²) in [4.78, 5) is 21.6. The van der Waals surface area contributed by atoms with E-state index in [4.69, 9.17) is 5.26 Å². The molecule has 4 nitrogen and oxygen atoms in total. The van der Waals surface area contributed by atoms with Crippen LogP contribution < -0.4 is 0 Å². The van der Waals surface area contributed by atoms with Crippen LogP contribution in [0.4, 0.5) is 13.2 Å². The molecule has 1 aromatic rings. The monoisotopic (exact) mass is 289 g/mol. The summed E-state index contributed by atoms with van der Waals surface area (Å²) in [6.45, 7) is 0. The second-order valence-electron chi connectivity index (χ2n) is 3.17. The molecule has 0 aliphatic carbocycles. The van der Waals surface area contributed by atoms with Crippen LogP contribution in [0.25, 0.3) is 0 Å². The molecule has 0 radical (unpaired) electrons. The van der Waals surface area contributed by atoms with Gasteiger partial charge in [-0.15, -0.1) is 0 Å². The fourth-order valence-electron chi connectivity index (χ4n) is 1.31. The van der Waals surface area contributed by atoms with E-state index in [-0.39, 0.29) is 11.8 Å². The van der Waals surface area contributed by atoms with Gasteiger partial charge in [-0.1, -0.05) is 0 Å². The van der Waals surface area contributed by atoms with Gasteiger partial charge >= 0.3 is 11.5 Å². The number of thioether (sulfide) groups is 1. The molecule has 0 bridgehead atoms. The van der Waals surface area contributed by atoms with Crippen LogP contribution in [0.3, 0.4) is 0 Å². The fraction of sp³-hybridized carbons (Fsp3) is 0.182. The Hall–Kier alpha value is -2.01. The van der Waals surface area contributed by atoms with Crippen LogP contribution in [0.5, 0.6) is 0 Å². The van der Waals surface area contributed by atoms with Crippen molar-refractivity contribution in [2.24, 2.45) is 0 Å². The average Bonchev–Trinajstić information content (AvgIpc) is 2.35. The van der Waals surface area contributed by atoms with E-state index in [9.17, 15) is 22.8 Å². The highest BCUT2D eigenvalue weighted by Crippen LogP contribution is 2.41. The van der Waals surface area contributed by atoms with Gasteiger partial charge in [-0.25, -0.2) is 4.79 Å². The van der Waals surface area contributed by atoms with Crippen LogP contribution in [-0.4, -0.2) is 24.9 Å². The number of esters is 1. The molecule has 100 valence electrons. The minimum Gasteiger partial charge on any atom is -0.465 e. The molecule has 0 atom stereocenters. The summed E-state index contributed by atoms with van der Waals surface area (Å²) < 4.78 is 41.7. The van der Waals surface area contributed by atoms with Gasteiger partial charge in [0.1, 0.15) is 0 Å². The van der Waals surface area contributed by atoms with Crippen molar-refractivity contribution in [2.45, 2.75) is 10.4 Å².